The van der Waals surface area contributed by atoms with Crippen molar-refractivity contribution in [3.63, 3.8) is 0 Å². The van der Waals surface area contributed by atoms with Gasteiger partial charge in [-0.2, -0.15) is 0 Å². The van der Waals surface area contributed by atoms with E-state index in [0.29, 0.717) is 16.7 Å². The Kier molecular flexibility index (Phi) is 2.93. The molecule has 0 atom stereocenters. The highest BCUT2D eigenvalue weighted by Gasteiger charge is 2.19. The predicted molar refractivity (Wildman–Crippen MR) is 65.0 cm³/mol. The highest BCUT2D eigenvalue weighted by molar-refractivity contribution is 6.03. The van der Waals surface area contributed by atoms with Gasteiger partial charge in [0.25, 0.3) is 5.69 Å². The van der Waals surface area contributed by atoms with Gasteiger partial charge in [0.1, 0.15) is 5.75 Å². The van der Waals surface area contributed by atoms with Crippen LogP contribution in [-0.2, 0) is 0 Å². The van der Waals surface area contributed by atoms with Crippen LogP contribution in [0.3, 0.4) is 0 Å². The van der Waals surface area contributed by atoms with E-state index in [0.717, 1.165) is 0 Å². The van der Waals surface area contributed by atoms with Crippen LogP contribution in [0.5, 0.6) is 5.75 Å². The first-order chi connectivity index (χ1) is 8.56. The molecule has 1 heterocycles. The molecule has 0 bridgehead atoms. The van der Waals surface area contributed by atoms with Crippen LogP contribution in [0.4, 0.5) is 5.69 Å². The molecule has 6 heteroatoms. The Bertz CT molecular complexity index is 652. The van der Waals surface area contributed by atoms with Gasteiger partial charge in [0.2, 0.25) is 0 Å². The van der Waals surface area contributed by atoms with Crippen molar-refractivity contribution in [1.29, 1.82) is 0 Å². The van der Waals surface area contributed by atoms with Crippen LogP contribution in [-0.4, -0.2) is 22.8 Å². The lowest BCUT2D eigenvalue weighted by molar-refractivity contribution is -0.383. The lowest BCUT2D eigenvalue weighted by Crippen LogP contribution is -2.01. The summed E-state index contributed by atoms with van der Waals surface area (Å²) in [7, 11) is 1.42. The van der Waals surface area contributed by atoms with Crippen molar-refractivity contribution in [3.05, 3.63) is 40.1 Å². The molecule has 6 nitrogen and oxygen atoms in total. The maximum Gasteiger partial charge on any atom is 0.295 e. The molecule has 92 valence electrons. The maximum absolute atomic E-state index is 11.4. The number of nitro benzene ring substituents is 1. The molecule has 0 unspecified atom stereocenters. The van der Waals surface area contributed by atoms with Crippen LogP contribution in [0.15, 0.2) is 24.4 Å². The van der Waals surface area contributed by atoms with Gasteiger partial charge in [-0.05, 0) is 13.0 Å². The van der Waals surface area contributed by atoms with Gasteiger partial charge in [-0.15, -0.1) is 0 Å². The minimum absolute atomic E-state index is 0.110. The molecule has 1 aromatic carbocycles. The fourth-order valence-corrected chi connectivity index (χ4v) is 1.80. The SMILES string of the molecule is COc1c(C(C)=O)cnc2c([N+](=O)[O-])cccc12. The van der Waals surface area contributed by atoms with Crippen LogP contribution in [0.2, 0.25) is 0 Å². The molecule has 2 rings (SSSR count). The van der Waals surface area contributed by atoms with Crippen molar-refractivity contribution in [2.45, 2.75) is 6.92 Å². The van der Waals surface area contributed by atoms with Crippen molar-refractivity contribution in [2.75, 3.05) is 7.11 Å². The Morgan fingerprint density at radius 1 is 1.44 bits per heavy atom. The summed E-state index contributed by atoms with van der Waals surface area (Å²) in [4.78, 5) is 25.8. The van der Waals surface area contributed by atoms with Crippen molar-refractivity contribution in [1.82, 2.24) is 4.98 Å². The predicted octanol–water partition coefficient (Wildman–Crippen LogP) is 2.35. The molecule has 0 spiro atoms. The van der Waals surface area contributed by atoms with Crippen molar-refractivity contribution < 1.29 is 14.5 Å². The average molecular weight is 246 g/mol. The minimum Gasteiger partial charge on any atom is -0.495 e. The number of hydrogen-bond donors (Lipinski definition) is 0. The number of benzene rings is 1. The molecule has 0 saturated heterocycles. The van der Waals surface area contributed by atoms with Crippen molar-refractivity contribution >= 4 is 22.4 Å². The van der Waals surface area contributed by atoms with E-state index in [1.54, 1.807) is 6.07 Å². The normalized spacial score (nSPS) is 10.3. The Labute approximate surface area is 102 Å². The van der Waals surface area contributed by atoms with Crippen LogP contribution in [0, 0.1) is 10.1 Å². The Balaban J connectivity index is 2.87. The lowest BCUT2D eigenvalue weighted by atomic mass is 10.1. The van der Waals surface area contributed by atoms with Gasteiger partial charge in [0.15, 0.2) is 11.3 Å². The van der Waals surface area contributed by atoms with Crippen molar-refractivity contribution in [2.24, 2.45) is 0 Å². The van der Waals surface area contributed by atoms with Gasteiger partial charge in [0.05, 0.1) is 23.0 Å². The monoisotopic (exact) mass is 246 g/mol. The van der Waals surface area contributed by atoms with Gasteiger partial charge in [0, 0.05) is 12.3 Å². The van der Waals surface area contributed by atoms with E-state index in [2.05, 4.69) is 4.98 Å². The standard InChI is InChI=1S/C12H10N2O4/c1-7(15)9-6-13-11-8(12(9)18-2)4-3-5-10(11)14(16)17/h3-6H,1-2H3. The Morgan fingerprint density at radius 2 is 2.17 bits per heavy atom. The zero-order valence-electron chi connectivity index (χ0n) is 9.84. The number of nitrogens with zero attached hydrogens (tertiary/aromatic N) is 2. The summed E-state index contributed by atoms with van der Waals surface area (Å²) in [5.41, 5.74) is 0.413. The topological polar surface area (TPSA) is 82.3 Å². The number of hydrogen-bond acceptors (Lipinski definition) is 5. The molecule has 0 radical (unpaired) electrons. The number of Topliss-reactive ketones (excluding diaryl/α,β-unsaturated/α-hetero) is 1. The number of aromatic nitrogens is 1. The second kappa shape index (κ2) is 4.40. The van der Waals surface area contributed by atoms with Gasteiger partial charge in [-0.1, -0.05) is 6.07 Å². The number of methoxy groups -OCH3 is 1. The number of ketones is 1. The quantitative estimate of drug-likeness (QED) is 0.471. The zero-order chi connectivity index (χ0) is 13.3. The smallest absolute Gasteiger partial charge is 0.295 e. The third-order valence-corrected chi connectivity index (χ3v) is 2.61. The highest BCUT2D eigenvalue weighted by atomic mass is 16.6. The summed E-state index contributed by atoms with van der Waals surface area (Å²) in [6.45, 7) is 1.39. The molecular formula is C12H10N2O4. The number of non-ortho nitro benzene ring substituents is 1. The third kappa shape index (κ3) is 1.77. The molecule has 0 fully saturated rings. The summed E-state index contributed by atoms with van der Waals surface area (Å²) in [5.74, 6) is 0.115. The number of carbonyl (C=O) groups excluding carboxylic acids is 1. The molecule has 0 amide bonds. The number of fused-ring (bicyclic) bond motifs is 1. The number of ether oxygens (including phenoxy) is 1. The number of rotatable bonds is 3. The molecule has 18 heavy (non-hydrogen) atoms. The Hall–Kier alpha value is -2.50. The number of nitro groups is 1. The maximum atomic E-state index is 11.4. The number of para-hydroxylation sites is 1. The van der Waals surface area contributed by atoms with Gasteiger partial charge >= 0.3 is 0 Å². The second-order valence-electron chi connectivity index (χ2n) is 3.69. The van der Waals surface area contributed by atoms with E-state index in [-0.39, 0.29) is 17.0 Å². The third-order valence-electron chi connectivity index (χ3n) is 2.61. The molecule has 0 aliphatic carbocycles. The Morgan fingerprint density at radius 3 is 2.72 bits per heavy atom. The molecule has 1 aromatic heterocycles. The van der Waals surface area contributed by atoms with E-state index >= 15 is 0 Å². The first-order valence-electron chi connectivity index (χ1n) is 5.17. The zero-order valence-corrected chi connectivity index (χ0v) is 9.84. The largest absolute Gasteiger partial charge is 0.495 e. The summed E-state index contributed by atoms with van der Waals surface area (Å²) < 4.78 is 5.17. The summed E-state index contributed by atoms with van der Waals surface area (Å²) in [6.07, 6.45) is 1.30. The highest BCUT2D eigenvalue weighted by Crippen LogP contribution is 2.32. The fraction of sp³-hybridized carbons (Fsp3) is 0.167. The second-order valence-corrected chi connectivity index (χ2v) is 3.69. The summed E-state index contributed by atoms with van der Waals surface area (Å²) in [6, 6.07) is 4.54. The van der Waals surface area contributed by atoms with Crippen molar-refractivity contribution in [3.8, 4) is 5.75 Å². The fourth-order valence-electron chi connectivity index (χ4n) is 1.80. The van der Waals surface area contributed by atoms with E-state index in [1.165, 1.54) is 32.4 Å². The van der Waals surface area contributed by atoms with E-state index in [1.807, 2.05) is 0 Å². The van der Waals surface area contributed by atoms with Crippen LogP contribution >= 0.6 is 0 Å². The lowest BCUT2D eigenvalue weighted by Gasteiger charge is -2.08. The van der Waals surface area contributed by atoms with E-state index in [4.69, 9.17) is 4.74 Å². The first kappa shape index (κ1) is 12.0. The molecule has 0 N–H and O–H groups in total. The summed E-state index contributed by atoms with van der Waals surface area (Å²) in [5, 5.41) is 11.3. The molecule has 0 saturated carbocycles. The first-order valence-corrected chi connectivity index (χ1v) is 5.17. The molecule has 2 aromatic rings. The van der Waals surface area contributed by atoms with Gasteiger partial charge in [-0.25, -0.2) is 4.98 Å². The van der Waals surface area contributed by atoms with Crippen LogP contribution in [0.1, 0.15) is 17.3 Å². The van der Waals surface area contributed by atoms with Gasteiger partial charge < -0.3 is 4.74 Å². The number of pyridine rings is 1. The van der Waals surface area contributed by atoms with E-state index < -0.39 is 4.92 Å². The van der Waals surface area contributed by atoms with Crippen LogP contribution in [0.25, 0.3) is 10.9 Å². The summed E-state index contributed by atoms with van der Waals surface area (Å²) >= 11 is 0. The molecule has 0 aliphatic heterocycles. The number of carbonyl (C=O) groups is 1. The minimum atomic E-state index is -0.512. The van der Waals surface area contributed by atoms with Gasteiger partial charge in [-0.3, -0.25) is 14.9 Å². The molecular weight excluding hydrogens is 236 g/mol. The average Bonchev–Trinajstić information content (AvgIpc) is 2.35. The molecule has 0 aliphatic rings. The van der Waals surface area contributed by atoms with Crippen LogP contribution < -0.4 is 4.74 Å². The van der Waals surface area contributed by atoms with E-state index in [9.17, 15) is 14.9 Å².